The van der Waals surface area contributed by atoms with Crippen LogP contribution < -0.4 is 9.88 Å². The van der Waals surface area contributed by atoms with E-state index >= 15 is 0 Å². The summed E-state index contributed by atoms with van der Waals surface area (Å²) in [5.41, 5.74) is 1.69. The lowest BCUT2D eigenvalue weighted by molar-refractivity contribution is -0.265. The standard InChI is InChI=1S/C60H87N5O15S/c1-36-16-12-11-13-17-37(2)51(75-8)32-46-21-19-42(7)60(72,80-46)57(69)58(70)64-27-15-14-18-49(64)59(71)79-52(33-50(66)38(3)29-41(6)55(68)56(77-10)54(67)40(5)28-36)39(4)30-43-20-26-48(53(31-43)76-9)65-34-44(62-63-65)35-78-45-22-24-47(25-23-45)81(61,73)74/h11-13,16-17,22-25,29,34,36,39-43,46,48-49,51-53,55-56,68,72H,14-15,18-21,26-28,30-33,35H2,1-10H3,(H2,61,73,74)/b13-11?,16-12?,37-17?,38-29+/t36-,39-,40-,41?,42-,43+,46+,48+,49+,51+,52+,53-,55-,56+,60-/m1/s1. The number of nitrogens with zero attached hydrogens (tertiary/aromatic N) is 4. The van der Waals surface area contributed by atoms with Crippen molar-refractivity contribution in [2.24, 2.45) is 40.6 Å². The summed E-state index contributed by atoms with van der Waals surface area (Å²) in [6, 6.07) is 4.37. The number of sulfonamides is 1. The molecular formula is C60H87N5O15S. The first-order valence-corrected chi connectivity index (χ1v) is 30.1. The lowest BCUT2D eigenvalue weighted by Crippen LogP contribution is -2.61. The number of fused-ring (bicyclic) bond motifs is 3. The normalized spacial score (nSPS) is 33.5. The lowest BCUT2D eigenvalue weighted by Gasteiger charge is -2.42. The Morgan fingerprint density at radius 2 is 1.62 bits per heavy atom. The number of aliphatic hydroxyl groups is 2. The van der Waals surface area contributed by atoms with E-state index in [1.165, 1.54) is 36.3 Å². The van der Waals surface area contributed by atoms with Crippen LogP contribution in [0.15, 0.2) is 83.0 Å². The third-order valence-corrected chi connectivity index (χ3v) is 17.9. The van der Waals surface area contributed by atoms with E-state index in [-0.39, 0.29) is 72.0 Å². The van der Waals surface area contributed by atoms with E-state index in [9.17, 15) is 42.6 Å². The molecule has 4 aliphatic rings. The van der Waals surface area contributed by atoms with Crippen LogP contribution in [0, 0.1) is 35.5 Å². The van der Waals surface area contributed by atoms with Gasteiger partial charge in [-0.05, 0) is 131 Å². The number of piperidine rings is 1. The molecule has 4 N–H and O–H groups in total. The number of amides is 1. The van der Waals surface area contributed by atoms with Gasteiger partial charge >= 0.3 is 5.97 Å². The highest BCUT2D eigenvalue weighted by atomic mass is 32.2. The number of Topliss-reactive ketones (excluding diaryl/α,β-unsaturated/α-hetero) is 3. The Hall–Kier alpha value is -5.26. The molecule has 2 bridgehead atoms. The maximum atomic E-state index is 14.7. The van der Waals surface area contributed by atoms with Crippen molar-refractivity contribution in [3.05, 3.63) is 83.8 Å². The molecule has 21 heteroatoms. The summed E-state index contributed by atoms with van der Waals surface area (Å²) in [4.78, 5) is 72.9. The van der Waals surface area contributed by atoms with Gasteiger partial charge in [0.05, 0.1) is 41.6 Å². The second kappa shape index (κ2) is 29.3. The van der Waals surface area contributed by atoms with Gasteiger partial charge < -0.3 is 43.5 Å². The number of cyclic esters (lactones) is 1. The number of carbonyl (C=O) groups excluding carboxylic acids is 5. The van der Waals surface area contributed by atoms with E-state index in [0.29, 0.717) is 69.2 Å². The number of allylic oxidation sites excluding steroid dienone is 6. The predicted molar refractivity (Wildman–Crippen MR) is 300 cm³/mol. The number of ketones is 3. The van der Waals surface area contributed by atoms with E-state index in [2.05, 4.69) is 10.3 Å². The van der Waals surface area contributed by atoms with Crippen LogP contribution in [0.1, 0.15) is 137 Å². The van der Waals surface area contributed by atoms with Crippen molar-refractivity contribution in [3.8, 4) is 5.75 Å². The van der Waals surface area contributed by atoms with Crippen LogP contribution in [0.2, 0.25) is 0 Å². The first kappa shape index (κ1) is 64.9. The number of nitrogens with two attached hydrogens (primary N) is 1. The molecule has 1 unspecified atom stereocenters. The molecular weight excluding hydrogens is 1060 g/mol. The molecule has 1 aromatic heterocycles. The number of aliphatic hydroxyl groups excluding tert-OH is 1. The predicted octanol–water partition coefficient (Wildman–Crippen LogP) is 6.88. The third kappa shape index (κ3) is 17.0. The van der Waals surface area contributed by atoms with Gasteiger partial charge in [0.15, 0.2) is 11.6 Å². The number of aromatic nitrogens is 3. The number of benzene rings is 1. The summed E-state index contributed by atoms with van der Waals surface area (Å²) in [6.07, 6.45) is 13.3. The van der Waals surface area contributed by atoms with Gasteiger partial charge in [0, 0.05) is 58.5 Å². The molecule has 1 amide bonds. The first-order valence-electron chi connectivity index (χ1n) is 28.5. The fraction of sp³-hybridized carbons (Fsp3) is 0.650. The number of carbonyl (C=O) groups is 5. The molecule has 81 heavy (non-hydrogen) atoms. The molecule has 20 nitrogen and oxygen atoms in total. The van der Waals surface area contributed by atoms with Gasteiger partial charge in [-0.1, -0.05) is 76.3 Å². The maximum Gasteiger partial charge on any atom is 0.329 e. The highest BCUT2D eigenvalue weighted by molar-refractivity contribution is 7.89. The van der Waals surface area contributed by atoms with E-state index in [1.807, 2.05) is 58.1 Å². The largest absolute Gasteiger partial charge is 0.487 e. The Morgan fingerprint density at radius 1 is 0.889 bits per heavy atom. The van der Waals surface area contributed by atoms with E-state index in [4.69, 9.17) is 33.6 Å². The minimum Gasteiger partial charge on any atom is -0.487 e. The highest BCUT2D eigenvalue weighted by Crippen LogP contribution is 2.40. The van der Waals surface area contributed by atoms with Crippen LogP contribution in [0.3, 0.4) is 0 Å². The van der Waals surface area contributed by atoms with Crippen LogP contribution in [0.4, 0.5) is 0 Å². The number of ether oxygens (including phenoxy) is 6. The van der Waals surface area contributed by atoms with E-state index in [1.54, 1.807) is 51.9 Å². The van der Waals surface area contributed by atoms with Gasteiger partial charge in [-0.15, -0.1) is 5.10 Å². The Labute approximate surface area is 477 Å². The van der Waals surface area contributed by atoms with Gasteiger partial charge in [0.2, 0.25) is 15.8 Å². The summed E-state index contributed by atoms with van der Waals surface area (Å²) in [5, 5.41) is 37.6. The lowest BCUT2D eigenvalue weighted by atomic mass is 9.77. The summed E-state index contributed by atoms with van der Waals surface area (Å²) >= 11 is 0. The summed E-state index contributed by atoms with van der Waals surface area (Å²) in [6.45, 7) is 12.7. The Kier molecular flexibility index (Phi) is 23.5. The van der Waals surface area contributed by atoms with Crippen LogP contribution in [-0.4, -0.2) is 144 Å². The molecule has 2 saturated heterocycles. The number of esters is 1. The zero-order valence-corrected chi connectivity index (χ0v) is 49.6. The molecule has 0 spiro atoms. The fourth-order valence-corrected chi connectivity index (χ4v) is 12.4. The summed E-state index contributed by atoms with van der Waals surface area (Å²) in [7, 11) is 0.724. The summed E-state index contributed by atoms with van der Waals surface area (Å²) < 4.78 is 61.1. The Bertz CT molecular complexity index is 2720. The third-order valence-electron chi connectivity index (χ3n) is 16.9. The number of hydrogen-bond donors (Lipinski definition) is 3. The molecule has 6 rings (SSSR count). The van der Waals surface area contributed by atoms with Crippen LogP contribution in [0.25, 0.3) is 0 Å². The Morgan fingerprint density at radius 3 is 2.30 bits per heavy atom. The van der Waals surface area contributed by atoms with E-state index < -0.39 is 93.7 Å². The van der Waals surface area contributed by atoms with Crippen molar-refractivity contribution in [1.29, 1.82) is 0 Å². The molecule has 2 aromatic rings. The first-order chi connectivity index (χ1) is 38.4. The molecule has 15 atom stereocenters. The van der Waals surface area contributed by atoms with Gasteiger partial charge in [-0.3, -0.25) is 19.2 Å². The van der Waals surface area contributed by atoms with Crippen molar-refractivity contribution < 1.29 is 71.0 Å². The van der Waals surface area contributed by atoms with Crippen molar-refractivity contribution >= 4 is 39.2 Å². The second-order valence-corrected chi connectivity index (χ2v) is 24.7. The molecule has 0 radical (unpaired) electrons. The van der Waals surface area contributed by atoms with Crippen LogP contribution in [0.5, 0.6) is 5.75 Å². The second-order valence-electron chi connectivity index (χ2n) is 23.1. The molecule has 448 valence electrons. The molecule has 3 fully saturated rings. The molecule has 3 aliphatic heterocycles. The van der Waals surface area contributed by atoms with Gasteiger partial charge in [-0.25, -0.2) is 23.0 Å². The van der Waals surface area contributed by atoms with Gasteiger partial charge in [0.25, 0.3) is 11.7 Å². The van der Waals surface area contributed by atoms with Crippen LogP contribution in [-0.2, 0) is 64.3 Å². The fourth-order valence-electron chi connectivity index (χ4n) is 11.9. The van der Waals surface area contributed by atoms with Crippen molar-refractivity contribution in [2.75, 3.05) is 27.9 Å². The highest BCUT2D eigenvalue weighted by Gasteiger charge is 2.53. The molecule has 1 saturated carbocycles. The minimum atomic E-state index is -3.85. The minimum absolute atomic E-state index is 0.00299. The number of rotatable bonds is 11. The Balaban J connectivity index is 1.24. The quantitative estimate of drug-likeness (QED) is 0.153. The zero-order chi connectivity index (χ0) is 59.3. The van der Waals surface area contributed by atoms with Crippen molar-refractivity contribution in [1.82, 2.24) is 19.9 Å². The smallest absolute Gasteiger partial charge is 0.329 e. The number of methoxy groups -OCH3 is 3. The van der Waals surface area contributed by atoms with E-state index in [0.717, 1.165) is 12.0 Å². The van der Waals surface area contributed by atoms with Crippen molar-refractivity contribution in [2.45, 2.75) is 192 Å². The van der Waals surface area contributed by atoms with Crippen molar-refractivity contribution in [3.63, 3.8) is 0 Å². The zero-order valence-electron chi connectivity index (χ0n) is 48.8. The topological polar surface area (TPSA) is 275 Å². The molecule has 1 aromatic carbocycles. The monoisotopic (exact) mass is 1150 g/mol. The SMILES string of the molecule is CO[C@H]1C[C@@H]2CC[C@@H](C)[C@@](O)(O2)C(=O)C(=O)N2CCCC[C@H]2C(=O)O[C@H]([C@H](C)C[C@@H]2CC[C@H](n3cc(COc4ccc(S(N)(=O)=O)cc4)nn3)[C@H](OC)C2)CC(=O)/C(C)=C/C(C)[C@@H](O)[C@@H](OC)C(=O)[C@H](C)C[C@H](C)C=CC=CC=C1C. The van der Waals surface area contributed by atoms with Gasteiger partial charge in [-0.2, -0.15) is 0 Å². The average molecular weight is 1150 g/mol. The van der Waals surface area contributed by atoms with Crippen LogP contribution >= 0.6 is 0 Å². The summed E-state index contributed by atoms with van der Waals surface area (Å²) in [5.74, 6) is -7.92. The molecule has 4 heterocycles. The molecule has 1 aliphatic carbocycles. The number of hydrogen-bond acceptors (Lipinski definition) is 17. The number of primary sulfonamides is 1. The maximum absolute atomic E-state index is 14.7. The van der Waals surface area contributed by atoms with Gasteiger partial charge in [0.1, 0.15) is 36.3 Å². The average Bonchev–Trinajstić information content (AvgIpc) is 4.00.